The SMILES string of the molecule is O=C(NCc1ccc(N2CCC(O)CC2)c(F)c1)c1ccnc(F)c1. The molecule has 0 bridgehead atoms. The van der Waals surface area contributed by atoms with Crippen LogP contribution < -0.4 is 10.2 Å². The van der Waals surface area contributed by atoms with Gasteiger partial charge in [-0.05, 0) is 36.6 Å². The molecule has 0 radical (unpaired) electrons. The lowest BCUT2D eigenvalue weighted by molar-refractivity contribution is 0.0950. The van der Waals surface area contributed by atoms with E-state index in [1.54, 1.807) is 12.1 Å². The van der Waals surface area contributed by atoms with Crippen LogP contribution in [0.15, 0.2) is 36.5 Å². The molecule has 1 saturated heterocycles. The predicted octanol–water partition coefficient (Wildman–Crippen LogP) is 2.25. The number of hydrogen-bond donors (Lipinski definition) is 2. The number of nitrogens with zero attached hydrogens (tertiary/aromatic N) is 2. The Morgan fingerprint density at radius 3 is 2.68 bits per heavy atom. The molecule has 2 aromatic rings. The smallest absolute Gasteiger partial charge is 0.251 e. The fraction of sp³-hybridized carbons (Fsp3) is 0.333. The van der Waals surface area contributed by atoms with Crippen molar-refractivity contribution in [2.24, 2.45) is 0 Å². The largest absolute Gasteiger partial charge is 0.393 e. The van der Waals surface area contributed by atoms with Crippen LogP contribution in [0, 0.1) is 11.8 Å². The third-order valence-electron chi connectivity index (χ3n) is 4.26. The van der Waals surface area contributed by atoms with E-state index in [0.29, 0.717) is 37.2 Å². The second kappa shape index (κ2) is 7.57. The van der Waals surface area contributed by atoms with Crippen molar-refractivity contribution >= 4 is 11.6 Å². The van der Waals surface area contributed by atoms with Crippen molar-refractivity contribution in [3.05, 3.63) is 59.4 Å². The fourth-order valence-corrected chi connectivity index (χ4v) is 2.85. The highest BCUT2D eigenvalue weighted by molar-refractivity contribution is 5.93. The van der Waals surface area contributed by atoms with Crippen molar-refractivity contribution in [3.63, 3.8) is 0 Å². The molecule has 132 valence electrons. The number of aromatic nitrogens is 1. The zero-order valence-electron chi connectivity index (χ0n) is 13.6. The van der Waals surface area contributed by atoms with Gasteiger partial charge in [0.25, 0.3) is 5.91 Å². The van der Waals surface area contributed by atoms with Gasteiger partial charge in [0, 0.05) is 37.5 Å². The van der Waals surface area contributed by atoms with Crippen LogP contribution in [-0.2, 0) is 6.54 Å². The van der Waals surface area contributed by atoms with Crippen molar-refractivity contribution in [2.75, 3.05) is 18.0 Å². The number of benzene rings is 1. The van der Waals surface area contributed by atoms with Crippen LogP contribution in [0.2, 0.25) is 0 Å². The number of aliphatic hydroxyl groups excluding tert-OH is 1. The summed E-state index contributed by atoms with van der Waals surface area (Å²) in [5.74, 6) is -1.54. The van der Waals surface area contributed by atoms with Crippen LogP contribution in [0.1, 0.15) is 28.8 Å². The van der Waals surface area contributed by atoms with E-state index in [4.69, 9.17) is 0 Å². The number of halogens is 2. The fourth-order valence-electron chi connectivity index (χ4n) is 2.85. The number of nitrogens with one attached hydrogen (secondary N) is 1. The van der Waals surface area contributed by atoms with E-state index in [9.17, 15) is 18.7 Å². The molecule has 25 heavy (non-hydrogen) atoms. The van der Waals surface area contributed by atoms with Crippen LogP contribution in [-0.4, -0.2) is 35.2 Å². The van der Waals surface area contributed by atoms with Crippen LogP contribution in [0.25, 0.3) is 0 Å². The molecular formula is C18H19F2N3O2. The Morgan fingerprint density at radius 1 is 1.24 bits per heavy atom. The van der Waals surface area contributed by atoms with Gasteiger partial charge in [-0.1, -0.05) is 6.07 Å². The van der Waals surface area contributed by atoms with Gasteiger partial charge in [-0.2, -0.15) is 4.39 Å². The van der Waals surface area contributed by atoms with Crippen LogP contribution in [0.3, 0.4) is 0 Å². The van der Waals surface area contributed by atoms with Gasteiger partial charge in [-0.15, -0.1) is 0 Å². The van der Waals surface area contributed by atoms with Gasteiger partial charge in [0.2, 0.25) is 5.95 Å². The molecule has 5 nitrogen and oxygen atoms in total. The monoisotopic (exact) mass is 347 g/mol. The Balaban J connectivity index is 1.62. The normalized spacial score (nSPS) is 15.2. The number of hydrogen-bond acceptors (Lipinski definition) is 4. The first-order chi connectivity index (χ1) is 12.0. The van der Waals surface area contributed by atoms with Gasteiger partial charge in [-0.3, -0.25) is 4.79 Å². The molecule has 0 atom stereocenters. The molecule has 1 fully saturated rings. The Morgan fingerprint density at radius 2 is 2.00 bits per heavy atom. The summed E-state index contributed by atoms with van der Waals surface area (Å²) in [4.78, 5) is 17.3. The van der Waals surface area contributed by atoms with Gasteiger partial charge in [0.15, 0.2) is 0 Å². The lowest BCUT2D eigenvalue weighted by Crippen LogP contribution is -2.36. The lowest BCUT2D eigenvalue weighted by atomic mass is 10.1. The average Bonchev–Trinajstić information content (AvgIpc) is 2.61. The Kier molecular flexibility index (Phi) is 5.23. The first kappa shape index (κ1) is 17.3. The minimum absolute atomic E-state index is 0.138. The van der Waals surface area contributed by atoms with Gasteiger partial charge in [-0.25, -0.2) is 9.37 Å². The highest BCUT2D eigenvalue weighted by Crippen LogP contribution is 2.24. The number of pyridine rings is 1. The second-order valence-corrected chi connectivity index (χ2v) is 6.05. The molecule has 1 aliphatic rings. The van der Waals surface area contributed by atoms with Gasteiger partial charge in [0.05, 0.1) is 11.8 Å². The van der Waals surface area contributed by atoms with E-state index in [2.05, 4.69) is 10.3 Å². The zero-order chi connectivity index (χ0) is 17.8. The third kappa shape index (κ3) is 4.30. The number of rotatable bonds is 4. The summed E-state index contributed by atoms with van der Waals surface area (Å²) in [5.41, 5.74) is 1.27. The van der Waals surface area contributed by atoms with Crippen LogP contribution >= 0.6 is 0 Å². The summed E-state index contributed by atoms with van der Waals surface area (Å²) in [6, 6.07) is 7.27. The molecule has 0 aliphatic carbocycles. The number of carbonyl (C=O) groups is 1. The van der Waals surface area contributed by atoms with E-state index < -0.39 is 11.9 Å². The van der Waals surface area contributed by atoms with Gasteiger partial charge >= 0.3 is 0 Å². The summed E-state index contributed by atoms with van der Waals surface area (Å²) in [6.07, 6.45) is 2.15. The minimum atomic E-state index is -0.727. The second-order valence-electron chi connectivity index (χ2n) is 6.05. The van der Waals surface area contributed by atoms with E-state index in [0.717, 1.165) is 6.07 Å². The maximum atomic E-state index is 14.4. The number of piperidine rings is 1. The van der Waals surface area contributed by atoms with Crippen molar-refractivity contribution in [3.8, 4) is 0 Å². The van der Waals surface area contributed by atoms with E-state index in [1.165, 1.54) is 18.3 Å². The molecular weight excluding hydrogens is 328 g/mol. The molecule has 0 unspecified atom stereocenters. The Hall–Kier alpha value is -2.54. The summed E-state index contributed by atoms with van der Waals surface area (Å²) < 4.78 is 27.4. The Bertz CT molecular complexity index is 762. The molecule has 1 amide bonds. The van der Waals surface area contributed by atoms with Crippen molar-refractivity contribution < 1.29 is 18.7 Å². The maximum absolute atomic E-state index is 14.4. The number of anilines is 1. The van der Waals surface area contributed by atoms with Gasteiger partial charge in [0.1, 0.15) is 5.82 Å². The first-order valence-electron chi connectivity index (χ1n) is 8.14. The van der Waals surface area contributed by atoms with Crippen molar-refractivity contribution in [1.82, 2.24) is 10.3 Å². The molecule has 7 heteroatoms. The standard InChI is InChI=1S/C18H19F2N3O2/c19-15-9-12(1-2-16(15)23-7-4-14(24)5-8-23)11-22-18(25)13-3-6-21-17(20)10-13/h1-3,6,9-10,14,24H,4-5,7-8,11H2,(H,22,25). The molecule has 0 spiro atoms. The van der Waals surface area contributed by atoms with E-state index >= 15 is 0 Å². The van der Waals surface area contributed by atoms with Crippen molar-refractivity contribution in [1.29, 1.82) is 0 Å². The minimum Gasteiger partial charge on any atom is -0.393 e. The topological polar surface area (TPSA) is 65.5 Å². The third-order valence-corrected chi connectivity index (χ3v) is 4.26. The highest BCUT2D eigenvalue weighted by atomic mass is 19.1. The van der Waals surface area contributed by atoms with Crippen LogP contribution in [0.4, 0.5) is 14.5 Å². The number of carbonyl (C=O) groups excluding carboxylic acids is 1. The molecule has 1 aliphatic heterocycles. The Labute approximate surface area is 144 Å². The summed E-state index contributed by atoms with van der Waals surface area (Å²) in [6.45, 7) is 1.36. The molecule has 3 rings (SSSR count). The predicted molar refractivity (Wildman–Crippen MR) is 89.2 cm³/mol. The molecule has 1 aromatic carbocycles. The highest BCUT2D eigenvalue weighted by Gasteiger charge is 2.19. The number of aliphatic hydroxyl groups is 1. The molecule has 2 N–H and O–H groups in total. The van der Waals surface area contributed by atoms with E-state index in [-0.39, 0.29) is 24.0 Å². The maximum Gasteiger partial charge on any atom is 0.251 e. The quantitative estimate of drug-likeness (QED) is 0.833. The molecule has 1 aromatic heterocycles. The van der Waals surface area contributed by atoms with Crippen LogP contribution in [0.5, 0.6) is 0 Å². The summed E-state index contributed by atoms with van der Waals surface area (Å²) >= 11 is 0. The van der Waals surface area contributed by atoms with E-state index in [1.807, 2.05) is 4.90 Å². The lowest BCUT2D eigenvalue weighted by Gasteiger charge is -2.31. The molecule has 2 heterocycles. The average molecular weight is 347 g/mol. The van der Waals surface area contributed by atoms with Gasteiger partial charge < -0.3 is 15.3 Å². The first-order valence-corrected chi connectivity index (χ1v) is 8.14. The summed E-state index contributed by atoms with van der Waals surface area (Å²) in [7, 11) is 0. The zero-order valence-corrected chi connectivity index (χ0v) is 13.6. The molecule has 0 saturated carbocycles. The summed E-state index contributed by atoms with van der Waals surface area (Å²) in [5, 5.41) is 12.2. The number of amides is 1. The van der Waals surface area contributed by atoms with Crippen molar-refractivity contribution in [2.45, 2.75) is 25.5 Å².